The summed E-state index contributed by atoms with van der Waals surface area (Å²) in [6.45, 7) is 5.78. The van der Waals surface area contributed by atoms with Crippen LogP contribution in [-0.2, 0) is 13.3 Å². The van der Waals surface area contributed by atoms with Crippen molar-refractivity contribution in [3.8, 4) is 0 Å². The van der Waals surface area contributed by atoms with Gasteiger partial charge in [0, 0.05) is 47.5 Å². The van der Waals surface area contributed by atoms with E-state index in [-0.39, 0.29) is 0 Å². The minimum Gasteiger partial charge on any atom is -0.364 e. The summed E-state index contributed by atoms with van der Waals surface area (Å²) in [5, 5.41) is 6.77. The number of hydrogen-bond acceptors (Lipinski definition) is 6. The van der Waals surface area contributed by atoms with Gasteiger partial charge in [-0.05, 0) is 19.5 Å². The Hall–Kier alpha value is -0.0231. The van der Waals surface area contributed by atoms with Crippen LogP contribution in [0.3, 0.4) is 0 Å². The molecule has 1 fully saturated rings. The minimum atomic E-state index is -2.64. The zero-order valence-electron chi connectivity index (χ0n) is 11.1. The highest BCUT2D eigenvalue weighted by atomic mass is 28.4. The molecule has 0 saturated carbocycles. The van der Waals surface area contributed by atoms with Crippen molar-refractivity contribution < 1.29 is 13.3 Å². The molecule has 1 saturated heterocycles. The number of nitrogens with zero attached hydrogens (tertiary/aromatic N) is 1. The molecule has 0 radical (unpaired) electrons. The standard InChI is InChI=1S/C10H25N3O3Si/c1-14-17(15-2,16-3)13-9-4-5-11-6-7-12-8-10-13/h11-12H,4-10H2,1-3H3. The first-order valence-corrected chi connectivity index (χ1v) is 7.78. The van der Waals surface area contributed by atoms with Crippen LogP contribution < -0.4 is 10.6 Å². The number of nitrogens with one attached hydrogen (secondary N) is 2. The summed E-state index contributed by atoms with van der Waals surface area (Å²) >= 11 is 0. The van der Waals surface area contributed by atoms with Crippen LogP contribution in [0.25, 0.3) is 0 Å². The van der Waals surface area contributed by atoms with E-state index in [0.717, 1.165) is 45.7 Å². The lowest BCUT2D eigenvalue weighted by molar-refractivity contribution is 0.0568. The summed E-state index contributed by atoms with van der Waals surface area (Å²) in [6.07, 6.45) is 1.07. The van der Waals surface area contributed by atoms with Crippen molar-refractivity contribution in [2.75, 3.05) is 60.6 Å². The van der Waals surface area contributed by atoms with Crippen molar-refractivity contribution in [1.82, 2.24) is 15.2 Å². The first-order chi connectivity index (χ1) is 8.29. The van der Waals surface area contributed by atoms with Crippen LogP contribution in [0.15, 0.2) is 0 Å². The van der Waals surface area contributed by atoms with Gasteiger partial charge in [0.2, 0.25) is 0 Å². The summed E-state index contributed by atoms with van der Waals surface area (Å²) in [6, 6.07) is 0. The van der Waals surface area contributed by atoms with E-state index in [1.807, 2.05) is 0 Å². The van der Waals surface area contributed by atoms with Crippen molar-refractivity contribution in [3.05, 3.63) is 0 Å². The fraction of sp³-hybridized carbons (Fsp3) is 1.00. The summed E-state index contributed by atoms with van der Waals surface area (Å²) < 4.78 is 18.8. The molecule has 17 heavy (non-hydrogen) atoms. The molecule has 1 aliphatic rings. The van der Waals surface area contributed by atoms with Crippen molar-refractivity contribution in [1.29, 1.82) is 0 Å². The topological polar surface area (TPSA) is 55.0 Å². The molecule has 7 heteroatoms. The summed E-state index contributed by atoms with van der Waals surface area (Å²) in [5.41, 5.74) is 0. The second kappa shape index (κ2) is 8.14. The maximum Gasteiger partial charge on any atom is 0.598 e. The molecule has 0 amide bonds. The molecule has 6 nitrogen and oxygen atoms in total. The molecule has 1 aliphatic heterocycles. The Morgan fingerprint density at radius 2 is 1.41 bits per heavy atom. The second-order valence-electron chi connectivity index (χ2n) is 3.98. The Labute approximate surface area is 105 Å². The monoisotopic (exact) mass is 263 g/mol. The number of hydrogen-bond donors (Lipinski definition) is 2. The Morgan fingerprint density at radius 1 is 0.824 bits per heavy atom. The zero-order chi connectivity index (χ0) is 12.6. The third-order valence-corrected chi connectivity index (χ3v) is 5.75. The average molecular weight is 263 g/mol. The molecule has 0 spiro atoms. The molecular weight excluding hydrogens is 238 g/mol. The van der Waals surface area contributed by atoms with E-state index in [4.69, 9.17) is 13.3 Å². The van der Waals surface area contributed by atoms with Gasteiger partial charge in [0.1, 0.15) is 0 Å². The third-order valence-electron chi connectivity index (χ3n) is 2.98. The second-order valence-corrected chi connectivity index (χ2v) is 6.88. The molecule has 102 valence electrons. The van der Waals surface area contributed by atoms with E-state index in [0.29, 0.717) is 0 Å². The van der Waals surface area contributed by atoms with Crippen molar-refractivity contribution in [3.63, 3.8) is 0 Å². The van der Waals surface area contributed by atoms with E-state index >= 15 is 0 Å². The summed E-state index contributed by atoms with van der Waals surface area (Å²) in [7, 11) is 2.33. The molecule has 1 rings (SSSR count). The normalized spacial score (nSPS) is 21.4. The fourth-order valence-electron chi connectivity index (χ4n) is 2.06. The highest BCUT2D eigenvalue weighted by Crippen LogP contribution is 2.13. The zero-order valence-corrected chi connectivity index (χ0v) is 12.1. The minimum absolute atomic E-state index is 0.891. The highest BCUT2D eigenvalue weighted by Gasteiger charge is 2.45. The number of rotatable bonds is 4. The van der Waals surface area contributed by atoms with E-state index in [9.17, 15) is 0 Å². The van der Waals surface area contributed by atoms with Crippen LogP contribution in [-0.4, -0.2) is 74.1 Å². The van der Waals surface area contributed by atoms with Crippen LogP contribution in [0.4, 0.5) is 0 Å². The molecular formula is C10H25N3O3Si. The van der Waals surface area contributed by atoms with Crippen molar-refractivity contribution in [2.24, 2.45) is 0 Å². The van der Waals surface area contributed by atoms with Gasteiger partial charge in [-0.1, -0.05) is 0 Å². The Balaban J connectivity index is 2.61. The van der Waals surface area contributed by atoms with Gasteiger partial charge in [-0.3, -0.25) is 4.57 Å². The molecule has 0 aromatic rings. The van der Waals surface area contributed by atoms with Crippen molar-refractivity contribution >= 4 is 8.97 Å². The predicted molar refractivity (Wildman–Crippen MR) is 68.7 cm³/mol. The fourth-order valence-corrected chi connectivity index (χ4v) is 4.15. The molecule has 0 bridgehead atoms. The quantitative estimate of drug-likeness (QED) is 0.651. The van der Waals surface area contributed by atoms with E-state index in [2.05, 4.69) is 15.2 Å². The van der Waals surface area contributed by atoms with Crippen LogP contribution in [0.2, 0.25) is 0 Å². The van der Waals surface area contributed by atoms with E-state index < -0.39 is 8.97 Å². The van der Waals surface area contributed by atoms with E-state index in [1.54, 1.807) is 21.3 Å². The predicted octanol–water partition coefficient (Wildman–Crippen LogP) is -0.754. The third kappa shape index (κ3) is 4.29. The highest BCUT2D eigenvalue weighted by molar-refractivity contribution is 6.57. The van der Waals surface area contributed by atoms with Gasteiger partial charge in [0.15, 0.2) is 0 Å². The maximum atomic E-state index is 5.52. The largest absolute Gasteiger partial charge is 0.598 e. The van der Waals surface area contributed by atoms with Crippen LogP contribution in [0.5, 0.6) is 0 Å². The van der Waals surface area contributed by atoms with Crippen molar-refractivity contribution in [2.45, 2.75) is 6.42 Å². The van der Waals surface area contributed by atoms with Gasteiger partial charge >= 0.3 is 8.97 Å². The van der Waals surface area contributed by atoms with Crippen LogP contribution in [0, 0.1) is 0 Å². The smallest absolute Gasteiger partial charge is 0.364 e. The molecule has 0 aromatic heterocycles. The first-order valence-electron chi connectivity index (χ1n) is 6.11. The molecule has 1 heterocycles. The maximum absolute atomic E-state index is 5.52. The molecule has 2 N–H and O–H groups in total. The molecule has 0 atom stereocenters. The Morgan fingerprint density at radius 3 is 2.00 bits per heavy atom. The Bertz CT molecular complexity index is 187. The van der Waals surface area contributed by atoms with Crippen LogP contribution in [0.1, 0.15) is 6.42 Å². The van der Waals surface area contributed by atoms with Gasteiger partial charge in [-0.2, -0.15) is 0 Å². The molecule has 0 aromatic carbocycles. The lowest BCUT2D eigenvalue weighted by atomic mass is 10.4. The van der Waals surface area contributed by atoms with E-state index in [1.165, 1.54) is 0 Å². The summed E-state index contributed by atoms with van der Waals surface area (Å²) in [5.74, 6) is 0. The van der Waals surface area contributed by atoms with Gasteiger partial charge in [-0.25, -0.2) is 0 Å². The van der Waals surface area contributed by atoms with Crippen LogP contribution >= 0.6 is 0 Å². The molecule has 0 aliphatic carbocycles. The van der Waals surface area contributed by atoms with Gasteiger partial charge in [0.05, 0.1) is 0 Å². The van der Waals surface area contributed by atoms with Gasteiger partial charge in [0.25, 0.3) is 0 Å². The summed E-state index contributed by atoms with van der Waals surface area (Å²) in [4.78, 5) is 0. The lowest BCUT2D eigenvalue weighted by Gasteiger charge is -2.35. The Kier molecular flexibility index (Phi) is 7.20. The van der Waals surface area contributed by atoms with Gasteiger partial charge < -0.3 is 23.9 Å². The lowest BCUT2D eigenvalue weighted by Crippen LogP contribution is -2.61. The SMILES string of the molecule is CO[Si](OC)(OC)N1CCCNCCNCC1. The average Bonchev–Trinajstić information content (AvgIpc) is 2.39. The first kappa shape index (κ1) is 15.0. The molecule has 0 unspecified atom stereocenters. The van der Waals surface area contributed by atoms with Gasteiger partial charge in [-0.15, -0.1) is 0 Å².